The molecule has 0 unspecified atom stereocenters. The van der Waals surface area contributed by atoms with Gasteiger partial charge in [-0.1, -0.05) is 53.7 Å². The van der Waals surface area contributed by atoms with E-state index in [0.29, 0.717) is 22.2 Å². The zero-order chi connectivity index (χ0) is 23.5. The highest BCUT2D eigenvalue weighted by Gasteiger charge is 2.47. The van der Waals surface area contributed by atoms with E-state index in [-0.39, 0.29) is 0 Å². The molecule has 2 aromatic rings. The summed E-state index contributed by atoms with van der Waals surface area (Å²) in [6.45, 7) is 16.7. The lowest BCUT2D eigenvalue weighted by Crippen LogP contribution is -2.50. The van der Waals surface area contributed by atoms with Crippen LogP contribution < -0.4 is 9.16 Å². The smallest absolute Gasteiger partial charge is 0.258 e. The van der Waals surface area contributed by atoms with Crippen LogP contribution >= 0.6 is 0 Å². The van der Waals surface area contributed by atoms with Crippen LogP contribution in [0.4, 0.5) is 0 Å². The van der Waals surface area contributed by atoms with Crippen molar-refractivity contribution in [3.8, 4) is 17.6 Å². The number of nitriles is 1. The van der Waals surface area contributed by atoms with Crippen molar-refractivity contribution in [2.45, 2.75) is 77.7 Å². The second-order valence-corrected chi connectivity index (χ2v) is 15.3. The first-order chi connectivity index (χ1) is 15.2. The average Bonchev–Trinajstić information content (AvgIpc) is 2.76. The minimum Gasteiger partial charge on any atom is -0.540 e. The first-order valence-corrected chi connectivity index (χ1v) is 14.0. The van der Waals surface area contributed by atoms with Gasteiger partial charge in [-0.15, -0.1) is 0 Å². The van der Waals surface area contributed by atoms with Crippen LogP contribution in [-0.2, 0) is 19.5 Å². The van der Waals surface area contributed by atoms with Crippen LogP contribution in [0.2, 0.25) is 16.6 Å². The number of nitrogens with zero attached hydrogens (tertiary/aromatic N) is 2. The first kappa shape index (κ1) is 24.4. The Hall–Kier alpha value is -2.29. The molecule has 4 nitrogen and oxygen atoms in total. The van der Waals surface area contributed by atoms with Crippen LogP contribution in [0.15, 0.2) is 36.4 Å². The molecule has 2 aromatic carbocycles. The zero-order valence-electron chi connectivity index (χ0n) is 20.7. The summed E-state index contributed by atoms with van der Waals surface area (Å²) in [4.78, 5) is 2.46. The third kappa shape index (κ3) is 4.87. The summed E-state index contributed by atoms with van der Waals surface area (Å²) in [5.41, 5.74) is 6.19. The molecule has 0 saturated heterocycles. The Balaban J connectivity index is 1.84. The van der Waals surface area contributed by atoms with E-state index in [1.807, 2.05) is 12.1 Å². The number of fused-ring (bicyclic) bond motifs is 1. The van der Waals surface area contributed by atoms with Gasteiger partial charge in [0.05, 0.1) is 18.7 Å². The van der Waals surface area contributed by atoms with Gasteiger partial charge in [0, 0.05) is 19.6 Å². The second kappa shape index (κ2) is 10.1. The molecule has 0 fully saturated rings. The standard InChI is InChI=1S/C27H38N2O2Si/c1-19(2)32(20(3)4,21(5)6)31-27-14-24-12-13-29(18-25(24)15-26(27)30-7)17-23-10-8-22(16-28)9-11-23/h8-11,14-15,19-21H,12-13,17-18H2,1-7H3. The normalized spacial score (nSPS) is 14.5. The minimum atomic E-state index is -2.05. The highest BCUT2D eigenvalue weighted by molar-refractivity contribution is 6.78. The third-order valence-corrected chi connectivity index (χ3v) is 13.0. The fraction of sp³-hybridized carbons (Fsp3) is 0.519. The van der Waals surface area contributed by atoms with E-state index in [2.05, 4.69) is 76.8 Å². The van der Waals surface area contributed by atoms with E-state index in [1.54, 1.807) is 7.11 Å². The maximum atomic E-state index is 9.01. The van der Waals surface area contributed by atoms with Crippen molar-refractivity contribution >= 4 is 8.32 Å². The van der Waals surface area contributed by atoms with Crippen LogP contribution in [0.5, 0.6) is 11.5 Å². The Morgan fingerprint density at radius 2 is 1.53 bits per heavy atom. The van der Waals surface area contributed by atoms with E-state index >= 15 is 0 Å². The van der Waals surface area contributed by atoms with E-state index in [0.717, 1.165) is 37.6 Å². The van der Waals surface area contributed by atoms with Crippen LogP contribution in [0, 0.1) is 11.3 Å². The van der Waals surface area contributed by atoms with Gasteiger partial charge in [-0.25, -0.2) is 0 Å². The molecular formula is C27H38N2O2Si. The van der Waals surface area contributed by atoms with Crippen LogP contribution in [-0.4, -0.2) is 26.9 Å². The summed E-state index contributed by atoms with van der Waals surface area (Å²) in [7, 11) is -0.302. The zero-order valence-corrected chi connectivity index (χ0v) is 21.7. The monoisotopic (exact) mass is 450 g/mol. The number of hydrogen-bond acceptors (Lipinski definition) is 4. The highest BCUT2D eigenvalue weighted by atomic mass is 28.4. The molecule has 172 valence electrons. The molecule has 1 aliphatic rings. The van der Waals surface area contributed by atoms with Gasteiger partial charge in [0.1, 0.15) is 5.75 Å². The van der Waals surface area contributed by atoms with E-state index in [4.69, 9.17) is 14.4 Å². The summed E-state index contributed by atoms with van der Waals surface area (Å²) in [6.07, 6.45) is 1.01. The topological polar surface area (TPSA) is 45.5 Å². The number of methoxy groups -OCH3 is 1. The fourth-order valence-corrected chi connectivity index (χ4v) is 10.7. The lowest BCUT2D eigenvalue weighted by atomic mass is 9.98. The Bertz CT molecular complexity index is 939. The molecule has 0 N–H and O–H groups in total. The summed E-state index contributed by atoms with van der Waals surface area (Å²) in [6, 6.07) is 14.5. The van der Waals surface area contributed by atoms with Gasteiger partial charge in [0.15, 0.2) is 5.75 Å². The SMILES string of the molecule is COc1cc2c(cc1O[Si](C(C)C)(C(C)C)C(C)C)CCN(Cc1ccc(C#N)cc1)C2. The number of rotatable bonds is 8. The Kier molecular flexibility index (Phi) is 7.69. The molecule has 32 heavy (non-hydrogen) atoms. The summed E-state index contributed by atoms with van der Waals surface area (Å²) in [5, 5.41) is 9.01. The lowest BCUT2D eigenvalue weighted by Gasteiger charge is -2.42. The van der Waals surface area contributed by atoms with Crippen LogP contribution in [0.1, 0.15) is 63.8 Å². The van der Waals surface area contributed by atoms with Crippen molar-refractivity contribution in [2.75, 3.05) is 13.7 Å². The van der Waals surface area contributed by atoms with E-state index in [9.17, 15) is 0 Å². The summed E-state index contributed by atoms with van der Waals surface area (Å²) in [5.74, 6) is 1.78. The first-order valence-electron chi connectivity index (χ1n) is 11.8. The molecule has 0 amide bonds. The summed E-state index contributed by atoms with van der Waals surface area (Å²) < 4.78 is 12.8. The lowest BCUT2D eigenvalue weighted by molar-refractivity contribution is 0.244. The largest absolute Gasteiger partial charge is 0.540 e. The minimum absolute atomic E-state index is 0.520. The number of benzene rings is 2. The molecule has 1 aliphatic heterocycles. The molecule has 0 spiro atoms. The molecule has 1 heterocycles. The predicted octanol–water partition coefficient (Wildman–Crippen LogP) is 6.68. The van der Waals surface area contributed by atoms with Crippen molar-refractivity contribution < 1.29 is 9.16 Å². The molecular weight excluding hydrogens is 412 g/mol. The van der Waals surface area contributed by atoms with Gasteiger partial charge in [0.25, 0.3) is 8.32 Å². The van der Waals surface area contributed by atoms with Gasteiger partial charge < -0.3 is 9.16 Å². The molecule has 5 heteroatoms. The Morgan fingerprint density at radius 1 is 0.938 bits per heavy atom. The van der Waals surface area contributed by atoms with Gasteiger partial charge in [-0.2, -0.15) is 5.26 Å². The fourth-order valence-electron chi connectivity index (χ4n) is 5.48. The van der Waals surface area contributed by atoms with E-state index < -0.39 is 8.32 Å². The number of hydrogen-bond donors (Lipinski definition) is 0. The van der Waals surface area contributed by atoms with Crippen molar-refractivity contribution in [3.05, 3.63) is 58.7 Å². The second-order valence-electron chi connectivity index (χ2n) is 9.96. The maximum Gasteiger partial charge on any atom is 0.258 e. The molecule has 0 bridgehead atoms. The molecule has 0 atom stereocenters. The van der Waals surface area contributed by atoms with Crippen LogP contribution in [0.3, 0.4) is 0 Å². The quantitative estimate of drug-likeness (QED) is 0.421. The third-order valence-electron chi connectivity index (χ3n) is 7.06. The van der Waals surface area contributed by atoms with Crippen molar-refractivity contribution in [1.82, 2.24) is 4.90 Å². The molecule has 0 saturated carbocycles. The van der Waals surface area contributed by atoms with Gasteiger partial charge >= 0.3 is 0 Å². The average molecular weight is 451 g/mol. The maximum absolute atomic E-state index is 9.01. The predicted molar refractivity (Wildman–Crippen MR) is 134 cm³/mol. The van der Waals surface area contributed by atoms with Gasteiger partial charge in [0.2, 0.25) is 0 Å². The van der Waals surface area contributed by atoms with Crippen molar-refractivity contribution in [2.24, 2.45) is 0 Å². The Labute approximate surface area is 195 Å². The molecule has 0 radical (unpaired) electrons. The molecule has 0 aliphatic carbocycles. The van der Waals surface area contributed by atoms with Gasteiger partial charge in [-0.05, 0) is 64.0 Å². The van der Waals surface area contributed by atoms with Gasteiger partial charge in [-0.3, -0.25) is 4.90 Å². The number of ether oxygens (including phenoxy) is 1. The Morgan fingerprint density at radius 3 is 2.06 bits per heavy atom. The van der Waals surface area contributed by atoms with Crippen LogP contribution in [0.25, 0.3) is 0 Å². The molecule has 0 aromatic heterocycles. The highest BCUT2D eigenvalue weighted by Crippen LogP contribution is 2.45. The molecule has 3 rings (SSSR count). The van der Waals surface area contributed by atoms with E-state index in [1.165, 1.54) is 16.7 Å². The van der Waals surface area contributed by atoms with Crippen molar-refractivity contribution in [1.29, 1.82) is 5.26 Å². The summed E-state index contributed by atoms with van der Waals surface area (Å²) >= 11 is 0. The van der Waals surface area contributed by atoms with Crippen molar-refractivity contribution in [3.63, 3.8) is 0 Å².